The van der Waals surface area contributed by atoms with Crippen LogP contribution in [0.5, 0.6) is 5.75 Å². The average Bonchev–Trinajstić information content (AvgIpc) is 3.07. The number of ether oxygens (including phenoxy) is 2. The number of nitrogens with one attached hydrogen (secondary N) is 2. The second-order valence-electron chi connectivity index (χ2n) is 7.96. The Morgan fingerprint density at radius 2 is 1.73 bits per heavy atom. The first kappa shape index (κ1) is 23.4. The SMILES string of the molecule is COC(=O)CC(C)C(=O)c1cc(NC(=O)c2ccc(OC)cc2)c(NC(C)(C)C)s1. The summed E-state index contributed by atoms with van der Waals surface area (Å²) in [5.74, 6) is -0.775. The molecule has 0 aliphatic heterocycles. The van der Waals surface area contributed by atoms with Crippen molar-refractivity contribution in [2.75, 3.05) is 24.9 Å². The summed E-state index contributed by atoms with van der Waals surface area (Å²) >= 11 is 1.25. The Balaban J connectivity index is 2.28. The van der Waals surface area contributed by atoms with Crippen molar-refractivity contribution in [3.63, 3.8) is 0 Å². The monoisotopic (exact) mass is 432 g/mol. The molecule has 162 valence electrons. The number of hydrogen-bond acceptors (Lipinski definition) is 7. The van der Waals surface area contributed by atoms with E-state index in [4.69, 9.17) is 4.74 Å². The minimum Gasteiger partial charge on any atom is -0.497 e. The zero-order chi connectivity index (χ0) is 22.5. The first-order valence-electron chi connectivity index (χ1n) is 9.52. The Morgan fingerprint density at radius 1 is 1.10 bits per heavy atom. The number of Topliss-reactive ketones (excluding diaryl/α,β-unsaturated/α-hetero) is 1. The Morgan fingerprint density at radius 3 is 2.27 bits per heavy atom. The van der Waals surface area contributed by atoms with Gasteiger partial charge in [0, 0.05) is 17.0 Å². The van der Waals surface area contributed by atoms with Crippen LogP contribution in [0.2, 0.25) is 0 Å². The summed E-state index contributed by atoms with van der Waals surface area (Å²) in [6.45, 7) is 7.65. The van der Waals surface area contributed by atoms with Gasteiger partial charge in [-0.15, -0.1) is 11.3 Å². The van der Waals surface area contributed by atoms with Gasteiger partial charge in [-0.25, -0.2) is 0 Å². The third kappa shape index (κ3) is 6.32. The van der Waals surface area contributed by atoms with E-state index in [1.54, 1.807) is 44.4 Å². The third-order valence-corrected chi connectivity index (χ3v) is 5.28. The van der Waals surface area contributed by atoms with E-state index in [0.29, 0.717) is 26.9 Å². The van der Waals surface area contributed by atoms with Crippen LogP contribution >= 0.6 is 11.3 Å². The standard InChI is InChI=1S/C22H28N2O5S/c1-13(11-18(25)29-6)19(26)17-12-16(21(30-17)24-22(2,3)4)23-20(27)14-7-9-15(28-5)10-8-14/h7-10,12-13,24H,11H2,1-6H3,(H,23,27). The molecule has 1 heterocycles. The summed E-state index contributed by atoms with van der Waals surface area (Å²) in [4.78, 5) is 37.5. The molecule has 0 saturated heterocycles. The fourth-order valence-electron chi connectivity index (χ4n) is 2.64. The zero-order valence-electron chi connectivity index (χ0n) is 18.1. The fourth-order valence-corrected chi connectivity index (χ4v) is 3.92. The van der Waals surface area contributed by atoms with Crippen LogP contribution < -0.4 is 15.4 Å². The van der Waals surface area contributed by atoms with Crippen LogP contribution in [0.3, 0.4) is 0 Å². The molecule has 0 aliphatic rings. The molecule has 2 aromatic rings. The highest BCUT2D eigenvalue weighted by Crippen LogP contribution is 2.36. The molecule has 1 atom stereocenters. The molecule has 1 amide bonds. The number of rotatable bonds is 8. The van der Waals surface area contributed by atoms with Crippen molar-refractivity contribution < 1.29 is 23.9 Å². The average molecular weight is 433 g/mol. The Labute approximate surface area is 180 Å². The van der Waals surface area contributed by atoms with E-state index in [9.17, 15) is 14.4 Å². The number of carbonyl (C=O) groups excluding carboxylic acids is 3. The molecule has 1 unspecified atom stereocenters. The first-order chi connectivity index (χ1) is 14.0. The number of amides is 1. The number of benzene rings is 1. The molecule has 8 heteroatoms. The molecule has 1 aromatic carbocycles. The van der Waals surface area contributed by atoms with E-state index < -0.39 is 11.9 Å². The van der Waals surface area contributed by atoms with Gasteiger partial charge >= 0.3 is 5.97 Å². The largest absolute Gasteiger partial charge is 0.497 e. The van der Waals surface area contributed by atoms with E-state index in [2.05, 4.69) is 15.4 Å². The van der Waals surface area contributed by atoms with Gasteiger partial charge < -0.3 is 20.1 Å². The molecular formula is C22H28N2O5S. The summed E-state index contributed by atoms with van der Waals surface area (Å²) < 4.78 is 9.77. The van der Waals surface area contributed by atoms with Crippen LogP contribution in [0.15, 0.2) is 30.3 Å². The maximum atomic E-state index is 12.8. The van der Waals surface area contributed by atoms with E-state index in [-0.39, 0.29) is 23.7 Å². The van der Waals surface area contributed by atoms with Gasteiger partial charge in [-0.05, 0) is 51.1 Å². The normalized spacial score (nSPS) is 12.1. The molecular weight excluding hydrogens is 404 g/mol. The van der Waals surface area contributed by atoms with E-state index in [1.165, 1.54) is 18.4 Å². The molecule has 2 N–H and O–H groups in total. The van der Waals surface area contributed by atoms with Gasteiger partial charge in [-0.2, -0.15) is 0 Å². The van der Waals surface area contributed by atoms with Crippen molar-refractivity contribution in [1.82, 2.24) is 0 Å². The van der Waals surface area contributed by atoms with Crippen molar-refractivity contribution in [2.45, 2.75) is 39.7 Å². The highest BCUT2D eigenvalue weighted by Gasteiger charge is 2.24. The lowest BCUT2D eigenvalue weighted by Crippen LogP contribution is -2.26. The van der Waals surface area contributed by atoms with E-state index >= 15 is 0 Å². The van der Waals surface area contributed by atoms with Crippen LogP contribution in [0.4, 0.5) is 10.7 Å². The summed E-state index contributed by atoms with van der Waals surface area (Å²) in [6, 6.07) is 8.40. The van der Waals surface area contributed by atoms with Crippen LogP contribution in [-0.4, -0.2) is 37.4 Å². The fraction of sp³-hybridized carbons (Fsp3) is 0.409. The van der Waals surface area contributed by atoms with Crippen molar-refractivity contribution in [1.29, 1.82) is 0 Å². The smallest absolute Gasteiger partial charge is 0.306 e. The Bertz CT molecular complexity index is 913. The van der Waals surface area contributed by atoms with Crippen LogP contribution in [0, 0.1) is 5.92 Å². The lowest BCUT2D eigenvalue weighted by atomic mass is 10.0. The minimum absolute atomic E-state index is 0.00278. The number of methoxy groups -OCH3 is 2. The Hall–Kier alpha value is -2.87. The second-order valence-corrected chi connectivity index (χ2v) is 9.01. The first-order valence-corrected chi connectivity index (χ1v) is 10.3. The maximum absolute atomic E-state index is 12.8. The Kier molecular flexibility index (Phi) is 7.61. The van der Waals surface area contributed by atoms with Crippen molar-refractivity contribution in [3.8, 4) is 5.75 Å². The van der Waals surface area contributed by atoms with Crippen LogP contribution in [-0.2, 0) is 9.53 Å². The number of thiophene rings is 1. The number of hydrogen-bond donors (Lipinski definition) is 2. The summed E-state index contributed by atoms with van der Waals surface area (Å²) in [6.07, 6.45) is 0.00278. The molecule has 0 bridgehead atoms. The molecule has 1 aromatic heterocycles. The summed E-state index contributed by atoms with van der Waals surface area (Å²) in [5.41, 5.74) is 0.711. The lowest BCUT2D eigenvalue weighted by Gasteiger charge is -2.22. The lowest BCUT2D eigenvalue weighted by molar-refractivity contribution is -0.141. The molecule has 0 radical (unpaired) electrons. The number of esters is 1. The molecule has 2 rings (SSSR count). The molecule has 30 heavy (non-hydrogen) atoms. The molecule has 0 fully saturated rings. The van der Waals surface area contributed by atoms with Crippen molar-refractivity contribution >= 4 is 39.7 Å². The highest BCUT2D eigenvalue weighted by molar-refractivity contribution is 7.18. The molecule has 7 nitrogen and oxygen atoms in total. The highest BCUT2D eigenvalue weighted by atomic mass is 32.1. The quantitative estimate of drug-likeness (QED) is 0.468. The summed E-state index contributed by atoms with van der Waals surface area (Å²) in [5, 5.41) is 6.89. The summed E-state index contributed by atoms with van der Waals surface area (Å²) in [7, 11) is 2.85. The van der Waals surface area contributed by atoms with Crippen LogP contribution in [0.25, 0.3) is 0 Å². The third-order valence-electron chi connectivity index (χ3n) is 4.21. The number of ketones is 1. The van der Waals surface area contributed by atoms with Crippen LogP contribution in [0.1, 0.15) is 54.1 Å². The molecule has 0 spiro atoms. The zero-order valence-corrected chi connectivity index (χ0v) is 18.9. The van der Waals surface area contributed by atoms with Gasteiger partial charge in [0.05, 0.1) is 31.2 Å². The maximum Gasteiger partial charge on any atom is 0.306 e. The van der Waals surface area contributed by atoms with Gasteiger partial charge in [-0.3, -0.25) is 14.4 Å². The van der Waals surface area contributed by atoms with Crippen molar-refractivity contribution in [2.24, 2.45) is 5.92 Å². The van der Waals surface area contributed by atoms with Gasteiger partial charge in [0.25, 0.3) is 5.91 Å². The predicted molar refractivity (Wildman–Crippen MR) is 119 cm³/mol. The van der Waals surface area contributed by atoms with E-state index in [1.807, 2.05) is 20.8 Å². The van der Waals surface area contributed by atoms with Gasteiger partial charge in [-0.1, -0.05) is 6.92 Å². The number of carbonyl (C=O) groups is 3. The number of anilines is 2. The van der Waals surface area contributed by atoms with Gasteiger partial charge in [0.15, 0.2) is 5.78 Å². The topological polar surface area (TPSA) is 93.7 Å². The van der Waals surface area contributed by atoms with E-state index in [0.717, 1.165) is 0 Å². The van der Waals surface area contributed by atoms with Gasteiger partial charge in [0.1, 0.15) is 10.8 Å². The minimum atomic E-state index is -0.524. The molecule has 0 aliphatic carbocycles. The second kappa shape index (κ2) is 9.75. The van der Waals surface area contributed by atoms with Gasteiger partial charge in [0.2, 0.25) is 0 Å². The molecule has 0 saturated carbocycles. The van der Waals surface area contributed by atoms with Crippen molar-refractivity contribution in [3.05, 3.63) is 40.8 Å². The predicted octanol–water partition coefficient (Wildman–Crippen LogP) is 4.60.